The molecule has 1 aliphatic carbocycles. The standard InChI is InChI=1S/C17H27N/c1-14-9-7-8-12-16(14)17(18-2)13-15-10-5-3-4-6-11-15/h7-9,12,15,17-18H,3-6,10-11,13H2,1-2H3. The predicted octanol–water partition coefficient (Wildman–Crippen LogP) is 4.62. The van der Waals surface area contributed by atoms with Crippen molar-refractivity contribution in [3.05, 3.63) is 35.4 Å². The van der Waals surface area contributed by atoms with Gasteiger partial charge in [0.25, 0.3) is 0 Å². The molecule has 1 saturated carbocycles. The fraction of sp³-hybridized carbons (Fsp3) is 0.647. The lowest BCUT2D eigenvalue weighted by Crippen LogP contribution is -2.20. The lowest BCUT2D eigenvalue weighted by molar-refractivity contribution is 0.367. The van der Waals surface area contributed by atoms with E-state index in [2.05, 4.69) is 43.6 Å². The molecule has 0 aromatic heterocycles. The van der Waals surface area contributed by atoms with Crippen LogP contribution in [0.4, 0.5) is 0 Å². The first-order valence-corrected chi connectivity index (χ1v) is 7.54. The first kappa shape index (κ1) is 13.6. The van der Waals surface area contributed by atoms with E-state index in [-0.39, 0.29) is 0 Å². The normalized spacial score (nSPS) is 19.4. The van der Waals surface area contributed by atoms with Gasteiger partial charge in [0, 0.05) is 6.04 Å². The molecule has 2 rings (SSSR count). The van der Waals surface area contributed by atoms with Gasteiger partial charge in [0.2, 0.25) is 0 Å². The summed E-state index contributed by atoms with van der Waals surface area (Å²) in [6.45, 7) is 2.23. The van der Waals surface area contributed by atoms with Crippen molar-refractivity contribution in [1.82, 2.24) is 5.32 Å². The number of aryl methyl sites for hydroxylation is 1. The first-order valence-electron chi connectivity index (χ1n) is 7.54. The Balaban J connectivity index is 2.02. The van der Waals surface area contributed by atoms with Crippen LogP contribution >= 0.6 is 0 Å². The molecule has 1 fully saturated rings. The van der Waals surface area contributed by atoms with Crippen LogP contribution in [-0.4, -0.2) is 7.05 Å². The molecule has 1 heteroatoms. The Hall–Kier alpha value is -0.820. The van der Waals surface area contributed by atoms with E-state index in [4.69, 9.17) is 0 Å². The number of benzene rings is 1. The summed E-state index contributed by atoms with van der Waals surface area (Å²) in [4.78, 5) is 0. The zero-order valence-electron chi connectivity index (χ0n) is 11.9. The molecule has 1 atom stereocenters. The van der Waals surface area contributed by atoms with Crippen LogP contribution in [-0.2, 0) is 0 Å². The molecule has 0 amide bonds. The van der Waals surface area contributed by atoms with Crippen LogP contribution in [0.1, 0.15) is 62.1 Å². The fourth-order valence-corrected chi connectivity index (χ4v) is 3.31. The third kappa shape index (κ3) is 3.58. The maximum absolute atomic E-state index is 3.53. The molecule has 100 valence electrons. The lowest BCUT2D eigenvalue weighted by Gasteiger charge is -2.24. The number of hydrogen-bond donors (Lipinski definition) is 1. The second-order valence-electron chi connectivity index (χ2n) is 5.79. The molecule has 1 nitrogen and oxygen atoms in total. The van der Waals surface area contributed by atoms with Gasteiger partial charge >= 0.3 is 0 Å². The highest BCUT2D eigenvalue weighted by molar-refractivity contribution is 5.28. The Bertz CT molecular complexity index is 350. The van der Waals surface area contributed by atoms with Gasteiger partial charge in [-0.2, -0.15) is 0 Å². The maximum Gasteiger partial charge on any atom is 0.0322 e. The summed E-state index contributed by atoms with van der Waals surface area (Å²) < 4.78 is 0. The van der Waals surface area contributed by atoms with Crippen LogP contribution < -0.4 is 5.32 Å². The van der Waals surface area contributed by atoms with E-state index < -0.39 is 0 Å². The fourth-order valence-electron chi connectivity index (χ4n) is 3.31. The second-order valence-corrected chi connectivity index (χ2v) is 5.79. The molecule has 1 aromatic rings. The van der Waals surface area contributed by atoms with Crippen molar-refractivity contribution in [1.29, 1.82) is 0 Å². The minimum Gasteiger partial charge on any atom is -0.313 e. The lowest BCUT2D eigenvalue weighted by atomic mass is 9.88. The highest BCUT2D eigenvalue weighted by Crippen LogP contribution is 2.31. The molecule has 1 N–H and O–H groups in total. The van der Waals surface area contributed by atoms with E-state index in [0.717, 1.165) is 5.92 Å². The third-order valence-corrected chi connectivity index (χ3v) is 4.46. The largest absolute Gasteiger partial charge is 0.313 e. The molecular weight excluding hydrogens is 218 g/mol. The van der Waals surface area contributed by atoms with Crippen molar-refractivity contribution in [2.24, 2.45) is 5.92 Å². The molecule has 0 bridgehead atoms. The van der Waals surface area contributed by atoms with Crippen LogP contribution in [0.3, 0.4) is 0 Å². The number of hydrogen-bond acceptors (Lipinski definition) is 1. The van der Waals surface area contributed by atoms with Crippen LogP contribution in [0.5, 0.6) is 0 Å². The van der Waals surface area contributed by atoms with E-state index >= 15 is 0 Å². The molecule has 0 aliphatic heterocycles. The summed E-state index contributed by atoms with van der Waals surface area (Å²) in [5, 5.41) is 3.53. The number of rotatable bonds is 4. The van der Waals surface area contributed by atoms with Crippen LogP contribution in [0, 0.1) is 12.8 Å². The van der Waals surface area contributed by atoms with E-state index in [1.54, 1.807) is 0 Å². The average molecular weight is 245 g/mol. The topological polar surface area (TPSA) is 12.0 Å². The van der Waals surface area contributed by atoms with Crippen molar-refractivity contribution in [3.8, 4) is 0 Å². The molecule has 0 spiro atoms. The summed E-state index contributed by atoms with van der Waals surface area (Å²) in [6.07, 6.45) is 9.95. The van der Waals surface area contributed by atoms with Gasteiger partial charge in [0.05, 0.1) is 0 Å². The van der Waals surface area contributed by atoms with Crippen molar-refractivity contribution in [2.75, 3.05) is 7.05 Å². The zero-order chi connectivity index (χ0) is 12.8. The smallest absolute Gasteiger partial charge is 0.0322 e. The van der Waals surface area contributed by atoms with Gasteiger partial charge in [-0.15, -0.1) is 0 Å². The molecule has 0 saturated heterocycles. The zero-order valence-corrected chi connectivity index (χ0v) is 11.9. The Morgan fingerprint density at radius 1 is 1.11 bits per heavy atom. The van der Waals surface area contributed by atoms with Crippen LogP contribution in [0.2, 0.25) is 0 Å². The van der Waals surface area contributed by atoms with Crippen molar-refractivity contribution >= 4 is 0 Å². The predicted molar refractivity (Wildman–Crippen MR) is 78.8 cm³/mol. The SMILES string of the molecule is CNC(CC1CCCCCC1)c1ccccc1C. The Morgan fingerprint density at radius 3 is 2.39 bits per heavy atom. The highest BCUT2D eigenvalue weighted by Gasteiger charge is 2.19. The first-order chi connectivity index (χ1) is 8.81. The van der Waals surface area contributed by atoms with E-state index in [1.165, 1.54) is 56.1 Å². The summed E-state index contributed by atoms with van der Waals surface area (Å²) >= 11 is 0. The van der Waals surface area contributed by atoms with Gasteiger partial charge in [0.1, 0.15) is 0 Å². The third-order valence-electron chi connectivity index (χ3n) is 4.46. The molecular formula is C17H27N. The van der Waals surface area contributed by atoms with Gasteiger partial charge in [0.15, 0.2) is 0 Å². The summed E-state index contributed by atoms with van der Waals surface area (Å²) in [7, 11) is 2.10. The summed E-state index contributed by atoms with van der Waals surface area (Å²) in [6, 6.07) is 9.35. The monoisotopic (exact) mass is 245 g/mol. The second kappa shape index (κ2) is 6.94. The average Bonchev–Trinajstić information content (AvgIpc) is 2.65. The van der Waals surface area contributed by atoms with Crippen LogP contribution in [0.15, 0.2) is 24.3 Å². The van der Waals surface area contributed by atoms with Gasteiger partial charge in [-0.1, -0.05) is 62.8 Å². The Morgan fingerprint density at radius 2 is 1.78 bits per heavy atom. The van der Waals surface area contributed by atoms with Crippen molar-refractivity contribution in [3.63, 3.8) is 0 Å². The van der Waals surface area contributed by atoms with E-state index in [0.29, 0.717) is 6.04 Å². The molecule has 0 heterocycles. The Labute approximate surface area is 112 Å². The molecule has 1 unspecified atom stereocenters. The number of nitrogens with one attached hydrogen (secondary N) is 1. The highest BCUT2D eigenvalue weighted by atomic mass is 14.9. The van der Waals surface area contributed by atoms with Crippen LogP contribution in [0.25, 0.3) is 0 Å². The summed E-state index contributed by atoms with van der Waals surface area (Å²) in [5.41, 5.74) is 2.91. The molecule has 0 radical (unpaired) electrons. The van der Waals surface area contributed by atoms with Gasteiger partial charge in [-0.05, 0) is 37.4 Å². The minimum atomic E-state index is 0.536. The van der Waals surface area contributed by atoms with Gasteiger partial charge < -0.3 is 5.32 Å². The Kier molecular flexibility index (Phi) is 5.25. The maximum atomic E-state index is 3.53. The molecule has 18 heavy (non-hydrogen) atoms. The summed E-state index contributed by atoms with van der Waals surface area (Å²) in [5.74, 6) is 0.921. The minimum absolute atomic E-state index is 0.536. The van der Waals surface area contributed by atoms with Gasteiger partial charge in [-0.3, -0.25) is 0 Å². The van der Waals surface area contributed by atoms with E-state index in [9.17, 15) is 0 Å². The van der Waals surface area contributed by atoms with Crippen molar-refractivity contribution < 1.29 is 0 Å². The quantitative estimate of drug-likeness (QED) is 0.763. The molecule has 1 aromatic carbocycles. The van der Waals surface area contributed by atoms with Crippen molar-refractivity contribution in [2.45, 2.75) is 57.9 Å². The molecule has 1 aliphatic rings. The van der Waals surface area contributed by atoms with Gasteiger partial charge in [-0.25, -0.2) is 0 Å². The van der Waals surface area contributed by atoms with E-state index in [1.807, 2.05) is 0 Å².